The molecule has 112 valence electrons. The smallest absolute Gasteiger partial charge is 0.244 e. The van der Waals surface area contributed by atoms with Gasteiger partial charge in [-0.05, 0) is 38.1 Å². The van der Waals surface area contributed by atoms with Crippen molar-refractivity contribution in [2.75, 3.05) is 5.32 Å². The number of sulfone groups is 1. The van der Waals surface area contributed by atoms with Gasteiger partial charge in [-0.1, -0.05) is 5.16 Å². The van der Waals surface area contributed by atoms with Gasteiger partial charge in [-0.3, -0.25) is 4.79 Å². The van der Waals surface area contributed by atoms with E-state index in [1.165, 1.54) is 13.0 Å². The second-order valence-electron chi connectivity index (χ2n) is 4.45. The van der Waals surface area contributed by atoms with Crippen LogP contribution >= 0.6 is 0 Å². The van der Waals surface area contributed by atoms with Gasteiger partial charge >= 0.3 is 0 Å². The van der Waals surface area contributed by atoms with E-state index >= 15 is 0 Å². The molecule has 1 heterocycles. The van der Waals surface area contributed by atoms with E-state index in [0.29, 0.717) is 5.76 Å². The van der Waals surface area contributed by atoms with E-state index in [1.807, 2.05) is 0 Å². The van der Waals surface area contributed by atoms with Crippen molar-refractivity contribution in [3.63, 3.8) is 0 Å². The topological polar surface area (TPSA) is 89.3 Å². The highest BCUT2D eigenvalue weighted by atomic mass is 32.2. The lowest BCUT2D eigenvalue weighted by Gasteiger charge is -2.12. The second-order valence-corrected chi connectivity index (χ2v) is 6.72. The molecular weight excluding hydrogens is 299 g/mol. The Labute approximate surface area is 120 Å². The van der Waals surface area contributed by atoms with E-state index < -0.39 is 26.8 Å². The fraction of sp³-hybridized carbons (Fsp3) is 0.231. The van der Waals surface area contributed by atoms with Crippen molar-refractivity contribution in [3.8, 4) is 0 Å². The van der Waals surface area contributed by atoms with Crippen LogP contribution in [0.2, 0.25) is 0 Å². The monoisotopic (exact) mass is 312 g/mol. The number of aromatic nitrogens is 1. The molecule has 2 rings (SSSR count). The van der Waals surface area contributed by atoms with Gasteiger partial charge in [-0.25, -0.2) is 12.8 Å². The standard InChI is InChI=1S/C13H13FN2O4S/c1-8-7-12(16-20-8)15-13(17)9(2)21(18,19)11-5-3-10(14)4-6-11/h3-7,9H,1-2H3,(H,15,16,17). The van der Waals surface area contributed by atoms with E-state index in [2.05, 4.69) is 10.5 Å². The summed E-state index contributed by atoms with van der Waals surface area (Å²) in [4.78, 5) is 11.8. The minimum absolute atomic E-state index is 0.122. The number of anilines is 1. The zero-order chi connectivity index (χ0) is 15.6. The third kappa shape index (κ3) is 3.27. The number of nitrogens with one attached hydrogen (secondary N) is 1. The zero-order valence-corrected chi connectivity index (χ0v) is 12.1. The maximum absolute atomic E-state index is 12.8. The van der Waals surface area contributed by atoms with Gasteiger partial charge in [-0.2, -0.15) is 0 Å². The average molecular weight is 312 g/mol. The molecule has 0 aliphatic carbocycles. The van der Waals surface area contributed by atoms with Crippen LogP contribution in [0.4, 0.5) is 10.2 Å². The van der Waals surface area contributed by atoms with E-state index in [0.717, 1.165) is 24.3 Å². The van der Waals surface area contributed by atoms with Crippen molar-refractivity contribution < 1.29 is 22.1 Å². The van der Waals surface area contributed by atoms with Gasteiger partial charge in [0.25, 0.3) is 0 Å². The summed E-state index contributed by atoms with van der Waals surface area (Å²) >= 11 is 0. The molecule has 6 nitrogen and oxygen atoms in total. The van der Waals surface area contributed by atoms with Crippen molar-refractivity contribution in [2.45, 2.75) is 24.0 Å². The maximum Gasteiger partial charge on any atom is 0.244 e. The third-order valence-corrected chi connectivity index (χ3v) is 4.93. The predicted molar refractivity (Wildman–Crippen MR) is 72.9 cm³/mol. The first kappa shape index (κ1) is 15.2. The highest BCUT2D eigenvalue weighted by Gasteiger charge is 2.30. The summed E-state index contributed by atoms with van der Waals surface area (Å²) in [7, 11) is -3.91. The molecule has 1 N–H and O–H groups in total. The quantitative estimate of drug-likeness (QED) is 0.871. The van der Waals surface area contributed by atoms with Crippen LogP contribution in [0.5, 0.6) is 0 Å². The maximum atomic E-state index is 12.8. The number of amides is 1. The van der Waals surface area contributed by atoms with E-state index in [4.69, 9.17) is 4.52 Å². The van der Waals surface area contributed by atoms with Crippen LogP contribution in [0.25, 0.3) is 0 Å². The second kappa shape index (κ2) is 5.65. The number of hydrogen-bond acceptors (Lipinski definition) is 5. The van der Waals surface area contributed by atoms with Crippen LogP contribution in [0.3, 0.4) is 0 Å². The van der Waals surface area contributed by atoms with Crippen LogP contribution < -0.4 is 5.32 Å². The average Bonchev–Trinajstić information content (AvgIpc) is 2.83. The van der Waals surface area contributed by atoms with Crippen LogP contribution in [0, 0.1) is 12.7 Å². The molecule has 1 amide bonds. The summed E-state index contributed by atoms with van der Waals surface area (Å²) in [6, 6.07) is 5.76. The number of aryl methyl sites for hydroxylation is 1. The zero-order valence-electron chi connectivity index (χ0n) is 11.3. The lowest BCUT2D eigenvalue weighted by molar-refractivity contribution is -0.115. The van der Waals surface area contributed by atoms with Crippen LogP contribution in [0.15, 0.2) is 39.8 Å². The Kier molecular flexibility index (Phi) is 4.08. The summed E-state index contributed by atoms with van der Waals surface area (Å²) in [6.07, 6.45) is 0. The molecule has 1 aromatic heterocycles. The lowest BCUT2D eigenvalue weighted by Crippen LogP contribution is -2.32. The summed E-state index contributed by atoms with van der Waals surface area (Å²) < 4.78 is 42.1. The van der Waals surface area contributed by atoms with Crippen molar-refractivity contribution in [1.29, 1.82) is 0 Å². The molecule has 0 saturated carbocycles. The number of hydrogen-bond donors (Lipinski definition) is 1. The molecule has 1 unspecified atom stereocenters. The minimum atomic E-state index is -3.91. The molecule has 0 aliphatic heterocycles. The number of nitrogens with zero attached hydrogens (tertiary/aromatic N) is 1. The van der Waals surface area contributed by atoms with Gasteiger partial charge < -0.3 is 9.84 Å². The van der Waals surface area contributed by atoms with E-state index in [9.17, 15) is 17.6 Å². The molecule has 0 aliphatic rings. The first-order valence-electron chi connectivity index (χ1n) is 6.04. The normalized spacial score (nSPS) is 12.9. The Morgan fingerprint density at radius 1 is 1.33 bits per heavy atom. The van der Waals surface area contributed by atoms with Gasteiger partial charge in [-0.15, -0.1) is 0 Å². The fourth-order valence-electron chi connectivity index (χ4n) is 1.62. The van der Waals surface area contributed by atoms with Gasteiger partial charge in [0, 0.05) is 6.07 Å². The first-order valence-corrected chi connectivity index (χ1v) is 7.59. The number of carbonyl (C=O) groups is 1. The third-order valence-electron chi connectivity index (χ3n) is 2.86. The van der Waals surface area contributed by atoms with Crippen LogP contribution in [-0.4, -0.2) is 24.7 Å². The van der Waals surface area contributed by atoms with Gasteiger partial charge in [0.2, 0.25) is 5.91 Å². The summed E-state index contributed by atoms with van der Waals surface area (Å²) in [5.74, 6) is -0.672. The van der Waals surface area contributed by atoms with Gasteiger partial charge in [0.05, 0.1) is 4.90 Å². The van der Waals surface area contributed by atoms with Crippen LogP contribution in [-0.2, 0) is 14.6 Å². The van der Waals surface area contributed by atoms with Crippen molar-refractivity contribution in [2.24, 2.45) is 0 Å². The Hall–Kier alpha value is -2.22. The molecule has 8 heteroatoms. The first-order chi connectivity index (χ1) is 9.80. The van der Waals surface area contributed by atoms with Gasteiger partial charge in [0.15, 0.2) is 15.7 Å². The lowest BCUT2D eigenvalue weighted by atomic mass is 10.3. The number of halogens is 1. The van der Waals surface area contributed by atoms with Crippen LogP contribution in [0.1, 0.15) is 12.7 Å². The molecular formula is C13H13FN2O4S. The molecule has 0 radical (unpaired) electrons. The molecule has 2 aromatic rings. The summed E-state index contributed by atoms with van der Waals surface area (Å²) in [5.41, 5.74) is 0. The SMILES string of the molecule is Cc1cc(NC(=O)C(C)S(=O)(=O)c2ccc(F)cc2)no1. The van der Waals surface area contributed by atoms with Gasteiger partial charge in [0.1, 0.15) is 16.8 Å². The molecule has 0 spiro atoms. The van der Waals surface area contributed by atoms with Crippen molar-refractivity contribution >= 4 is 21.6 Å². The molecule has 21 heavy (non-hydrogen) atoms. The fourth-order valence-corrected chi connectivity index (χ4v) is 2.89. The Morgan fingerprint density at radius 2 is 1.95 bits per heavy atom. The summed E-state index contributed by atoms with van der Waals surface area (Å²) in [5, 5.41) is 4.56. The number of rotatable bonds is 4. The predicted octanol–water partition coefficient (Wildman–Crippen LogP) is 1.92. The highest BCUT2D eigenvalue weighted by Crippen LogP contribution is 2.18. The largest absolute Gasteiger partial charge is 0.360 e. The Morgan fingerprint density at radius 3 is 2.48 bits per heavy atom. The Balaban J connectivity index is 2.19. The van der Waals surface area contributed by atoms with E-state index in [-0.39, 0.29) is 10.7 Å². The summed E-state index contributed by atoms with van der Waals surface area (Å²) in [6.45, 7) is 2.89. The van der Waals surface area contributed by atoms with E-state index in [1.54, 1.807) is 6.92 Å². The minimum Gasteiger partial charge on any atom is -0.360 e. The molecule has 1 aromatic carbocycles. The number of benzene rings is 1. The highest BCUT2D eigenvalue weighted by molar-refractivity contribution is 7.92. The molecule has 0 bridgehead atoms. The molecule has 0 fully saturated rings. The number of carbonyl (C=O) groups excluding carboxylic acids is 1. The molecule has 0 saturated heterocycles. The van der Waals surface area contributed by atoms with Crippen molar-refractivity contribution in [1.82, 2.24) is 5.16 Å². The molecule has 1 atom stereocenters. The Bertz CT molecular complexity index is 753. The van der Waals surface area contributed by atoms with Crippen molar-refractivity contribution in [3.05, 3.63) is 41.9 Å².